The lowest BCUT2D eigenvalue weighted by atomic mass is 10.1. The van der Waals surface area contributed by atoms with E-state index < -0.39 is 0 Å². The number of methoxy groups -OCH3 is 1. The van der Waals surface area contributed by atoms with E-state index in [-0.39, 0.29) is 0 Å². The summed E-state index contributed by atoms with van der Waals surface area (Å²) in [5, 5.41) is 3.60. The molecule has 0 aromatic heterocycles. The molecular formula is C18H36N4O2. The van der Waals surface area contributed by atoms with Crippen LogP contribution in [0.5, 0.6) is 0 Å². The molecular weight excluding hydrogens is 304 g/mol. The van der Waals surface area contributed by atoms with Crippen molar-refractivity contribution < 1.29 is 9.47 Å². The second kappa shape index (κ2) is 10.9. The van der Waals surface area contributed by atoms with Gasteiger partial charge in [0.2, 0.25) is 0 Å². The molecule has 0 saturated carbocycles. The number of rotatable bonds is 8. The van der Waals surface area contributed by atoms with Gasteiger partial charge in [0.25, 0.3) is 0 Å². The van der Waals surface area contributed by atoms with Crippen LogP contribution in [0.25, 0.3) is 0 Å². The first-order valence-corrected chi connectivity index (χ1v) is 9.58. The second-order valence-electron chi connectivity index (χ2n) is 6.76. The van der Waals surface area contributed by atoms with Crippen LogP contribution in [-0.2, 0) is 9.47 Å². The lowest BCUT2D eigenvalue weighted by Crippen LogP contribution is -2.50. The van der Waals surface area contributed by atoms with Gasteiger partial charge in [-0.25, -0.2) is 0 Å². The average molecular weight is 341 g/mol. The third-order valence-corrected chi connectivity index (χ3v) is 5.20. The van der Waals surface area contributed by atoms with Crippen LogP contribution in [0.2, 0.25) is 0 Å². The van der Waals surface area contributed by atoms with Crippen LogP contribution in [0, 0.1) is 0 Å². The molecule has 6 heteroatoms. The largest absolute Gasteiger partial charge is 0.385 e. The van der Waals surface area contributed by atoms with Crippen LogP contribution in [0.1, 0.15) is 39.0 Å². The first-order chi connectivity index (χ1) is 11.8. The summed E-state index contributed by atoms with van der Waals surface area (Å²) < 4.78 is 11.0. The van der Waals surface area contributed by atoms with Crippen molar-refractivity contribution in [3.8, 4) is 0 Å². The minimum absolute atomic E-state index is 0.390. The predicted molar refractivity (Wildman–Crippen MR) is 98.7 cm³/mol. The quantitative estimate of drug-likeness (QED) is 0.413. The topological polar surface area (TPSA) is 49.3 Å². The summed E-state index contributed by atoms with van der Waals surface area (Å²) in [6, 6.07) is 0.661. The third kappa shape index (κ3) is 5.90. The number of ether oxygens (including phenoxy) is 2. The fraction of sp³-hybridized carbons (Fsp3) is 0.944. The van der Waals surface area contributed by atoms with E-state index in [0.717, 1.165) is 64.6 Å². The van der Waals surface area contributed by atoms with E-state index in [1.165, 1.54) is 19.4 Å². The molecule has 2 saturated heterocycles. The van der Waals surface area contributed by atoms with Gasteiger partial charge < -0.3 is 19.7 Å². The summed E-state index contributed by atoms with van der Waals surface area (Å²) in [5.74, 6) is 1.05. The fourth-order valence-electron chi connectivity index (χ4n) is 3.77. The van der Waals surface area contributed by atoms with Crippen LogP contribution in [0.4, 0.5) is 0 Å². The van der Waals surface area contributed by atoms with Crippen molar-refractivity contribution in [1.29, 1.82) is 0 Å². The zero-order valence-electron chi connectivity index (χ0n) is 15.8. The molecule has 2 heterocycles. The third-order valence-electron chi connectivity index (χ3n) is 5.20. The van der Waals surface area contributed by atoms with E-state index in [9.17, 15) is 0 Å². The van der Waals surface area contributed by atoms with Gasteiger partial charge in [-0.05, 0) is 45.2 Å². The van der Waals surface area contributed by atoms with E-state index in [0.29, 0.717) is 12.1 Å². The molecule has 2 rings (SSSR count). The van der Waals surface area contributed by atoms with E-state index in [1.54, 1.807) is 7.11 Å². The van der Waals surface area contributed by atoms with Gasteiger partial charge in [0, 0.05) is 53.0 Å². The van der Waals surface area contributed by atoms with Gasteiger partial charge in [-0.15, -0.1) is 0 Å². The van der Waals surface area contributed by atoms with Gasteiger partial charge in [-0.2, -0.15) is 0 Å². The summed E-state index contributed by atoms with van der Waals surface area (Å²) in [6.45, 7) is 9.29. The van der Waals surface area contributed by atoms with Crippen molar-refractivity contribution in [2.75, 3.05) is 60.1 Å². The molecule has 0 radical (unpaired) electrons. The van der Waals surface area contributed by atoms with Crippen LogP contribution in [0.3, 0.4) is 0 Å². The Morgan fingerprint density at radius 3 is 2.62 bits per heavy atom. The van der Waals surface area contributed by atoms with Gasteiger partial charge >= 0.3 is 0 Å². The predicted octanol–water partition coefficient (Wildman–Crippen LogP) is 1.56. The Balaban J connectivity index is 1.67. The zero-order valence-corrected chi connectivity index (χ0v) is 15.8. The molecule has 2 aliphatic rings. The van der Waals surface area contributed by atoms with Gasteiger partial charge in [0.05, 0.1) is 6.10 Å². The van der Waals surface area contributed by atoms with Crippen molar-refractivity contribution in [2.45, 2.75) is 51.2 Å². The Bertz CT molecular complexity index is 370. The fourth-order valence-corrected chi connectivity index (χ4v) is 3.77. The van der Waals surface area contributed by atoms with Crippen molar-refractivity contribution in [2.24, 2.45) is 4.99 Å². The minimum atomic E-state index is 0.390. The molecule has 0 amide bonds. The van der Waals surface area contributed by atoms with Crippen molar-refractivity contribution in [3.63, 3.8) is 0 Å². The molecule has 1 unspecified atom stereocenters. The summed E-state index contributed by atoms with van der Waals surface area (Å²) in [5.41, 5.74) is 0. The zero-order chi connectivity index (χ0) is 17.2. The number of nitrogens with zero attached hydrogens (tertiary/aromatic N) is 3. The first kappa shape index (κ1) is 19.5. The summed E-state index contributed by atoms with van der Waals surface area (Å²) >= 11 is 0. The van der Waals surface area contributed by atoms with Crippen molar-refractivity contribution in [3.05, 3.63) is 0 Å². The molecule has 1 atom stereocenters. The van der Waals surface area contributed by atoms with Crippen LogP contribution < -0.4 is 5.32 Å². The maximum atomic E-state index is 5.94. The summed E-state index contributed by atoms with van der Waals surface area (Å²) in [4.78, 5) is 9.44. The standard InChI is InChI=1S/C18H36N4O2/c1-4-21-10-5-7-16(21)15-20-18(19-2)22-11-8-17(9-12-22)24-14-6-13-23-3/h16-17H,4-15H2,1-3H3,(H,19,20). The van der Waals surface area contributed by atoms with Crippen LogP contribution in [0.15, 0.2) is 4.99 Å². The monoisotopic (exact) mass is 340 g/mol. The van der Waals surface area contributed by atoms with Gasteiger partial charge in [-0.3, -0.25) is 9.89 Å². The molecule has 0 aromatic carbocycles. The molecule has 140 valence electrons. The normalized spacial score (nSPS) is 23.9. The smallest absolute Gasteiger partial charge is 0.193 e. The molecule has 0 spiro atoms. The highest BCUT2D eigenvalue weighted by atomic mass is 16.5. The lowest BCUT2D eigenvalue weighted by Gasteiger charge is -2.35. The number of aliphatic imine (C=N–C) groups is 1. The molecule has 6 nitrogen and oxygen atoms in total. The van der Waals surface area contributed by atoms with Crippen LogP contribution in [-0.4, -0.2) is 88.0 Å². The maximum Gasteiger partial charge on any atom is 0.193 e. The number of likely N-dealkylation sites (tertiary alicyclic amines) is 2. The summed E-state index contributed by atoms with van der Waals surface area (Å²) in [7, 11) is 3.63. The van der Waals surface area contributed by atoms with Gasteiger partial charge in [-0.1, -0.05) is 6.92 Å². The van der Waals surface area contributed by atoms with Crippen molar-refractivity contribution >= 4 is 5.96 Å². The highest BCUT2D eigenvalue weighted by molar-refractivity contribution is 5.80. The van der Waals surface area contributed by atoms with E-state index in [2.05, 4.69) is 27.0 Å². The SMILES string of the molecule is CCN1CCCC1CNC(=NC)N1CCC(OCCCOC)CC1. The molecule has 2 fully saturated rings. The van der Waals surface area contributed by atoms with Gasteiger partial charge in [0.1, 0.15) is 0 Å². The second-order valence-corrected chi connectivity index (χ2v) is 6.76. The van der Waals surface area contributed by atoms with E-state index in [1.807, 2.05) is 7.05 Å². The summed E-state index contributed by atoms with van der Waals surface area (Å²) in [6.07, 6.45) is 6.16. The number of likely N-dealkylation sites (N-methyl/N-ethyl adjacent to an activating group) is 1. The Morgan fingerprint density at radius 2 is 1.96 bits per heavy atom. The Kier molecular flexibility index (Phi) is 8.84. The number of hydrogen-bond donors (Lipinski definition) is 1. The molecule has 1 N–H and O–H groups in total. The highest BCUT2D eigenvalue weighted by Crippen LogP contribution is 2.17. The number of piperidine rings is 1. The van der Waals surface area contributed by atoms with Gasteiger partial charge in [0.15, 0.2) is 5.96 Å². The van der Waals surface area contributed by atoms with E-state index in [4.69, 9.17) is 9.47 Å². The lowest BCUT2D eigenvalue weighted by molar-refractivity contribution is 0.00987. The molecule has 24 heavy (non-hydrogen) atoms. The minimum Gasteiger partial charge on any atom is -0.385 e. The maximum absolute atomic E-state index is 5.94. The molecule has 2 aliphatic heterocycles. The molecule has 0 aliphatic carbocycles. The highest BCUT2D eigenvalue weighted by Gasteiger charge is 2.25. The molecule has 0 aromatic rings. The Morgan fingerprint density at radius 1 is 1.17 bits per heavy atom. The molecule has 0 bridgehead atoms. The van der Waals surface area contributed by atoms with E-state index >= 15 is 0 Å². The average Bonchev–Trinajstić information content (AvgIpc) is 3.08. The number of hydrogen-bond acceptors (Lipinski definition) is 4. The Hall–Kier alpha value is -0.850. The number of nitrogens with one attached hydrogen (secondary N) is 1. The number of guanidine groups is 1. The van der Waals surface area contributed by atoms with Crippen LogP contribution >= 0.6 is 0 Å². The first-order valence-electron chi connectivity index (χ1n) is 9.58. The Labute approximate surface area is 147 Å². The van der Waals surface area contributed by atoms with Crippen molar-refractivity contribution in [1.82, 2.24) is 15.1 Å².